The third-order valence-electron chi connectivity index (χ3n) is 3.75. The average Bonchev–Trinajstić information content (AvgIpc) is 2.46. The molecule has 1 aromatic rings. The van der Waals surface area contributed by atoms with Gasteiger partial charge in [0.05, 0.1) is 0 Å². The number of carboxylic acid groups (broad SMARTS) is 1. The van der Waals surface area contributed by atoms with Crippen molar-refractivity contribution in [2.45, 2.75) is 19.5 Å². The quantitative estimate of drug-likeness (QED) is 0.832. The first-order chi connectivity index (χ1) is 9.65. The zero-order chi connectivity index (χ0) is 14.4. The van der Waals surface area contributed by atoms with Crippen LogP contribution in [0.1, 0.15) is 12.5 Å². The first-order valence-corrected chi connectivity index (χ1v) is 7.06. The van der Waals surface area contributed by atoms with E-state index in [-0.39, 0.29) is 6.04 Å². The smallest absolute Gasteiger partial charge is 0.328 e. The molecule has 0 spiro atoms. The Morgan fingerprint density at radius 3 is 2.50 bits per heavy atom. The van der Waals surface area contributed by atoms with E-state index in [1.165, 1.54) is 11.6 Å². The number of rotatable bonds is 5. The summed E-state index contributed by atoms with van der Waals surface area (Å²) in [5.41, 5.74) is 1.35. The normalized spacial score (nSPS) is 19.2. The van der Waals surface area contributed by atoms with Crippen molar-refractivity contribution in [2.24, 2.45) is 0 Å². The lowest BCUT2D eigenvalue weighted by Crippen LogP contribution is -2.48. The van der Waals surface area contributed by atoms with Crippen LogP contribution in [-0.4, -0.2) is 53.1 Å². The van der Waals surface area contributed by atoms with Crippen LogP contribution in [0.25, 0.3) is 0 Å². The molecule has 1 heterocycles. The van der Waals surface area contributed by atoms with E-state index in [0.29, 0.717) is 0 Å². The SMILES string of the molecule is CC(C=CC(=O)O)N1CCN(Cc2ccccc2)CC1. The molecule has 0 saturated carbocycles. The van der Waals surface area contributed by atoms with Crippen LogP contribution in [0, 0.1) is 0 Å². The second kappa shape index (κ2) is 7.22. The van der Waals surface area contributed by atoms with Gasteiger partial charge in [-0.2, -0.15) is 0 Å². The lowest BCUT2D eigenvalue weighted by atomic mass is 10.1. The van der Waals surface area contributed by atoms with Crippen molar-refractivity contribution in [1.29, 1.82) is 0 Å². The maximum Gasteiger partial charge on any atom is 0.328 e. The fourth-order valence-corrected chi connectivity index (χ4v) is 2.51. The molecule has 0 aliphatic carbocycles. The van der Waals surface area contributed by atoms with Crippen LogP contribution in [0.2, 0.25) is 0 Å². The van der Waals surface area contributed by atoms with Crippen molar-refractivity contribution in [2.75, 3.05) is 26.2 Å². The number of hydrogen-bond acceptors (Lipinski definition) is 3. The summed E-state index contributed by atoms with van der Waals surface area (Å²) < 4.78 is 0. The molecule has 4 nitrogen and oxygen atoms in total. The summed E-state index contributed by atoms with van der Waals surface area (Å²) in [6, 6.07) is 10.7. The van der Waals surface area contributed by atoms with Crippen molar-refractivity contribution in [1.82, 2.24) is 9.80 Å². The zero-order valence-electron chi connectivity index (χ0n) is 11.9. The minimum atomic E-state index is -0.875. The molecule has 2 rings (SSSR count). The van der Waals surface area contributed by atoms with Crippen molar-refractivity contribution < 1.29 is 9.90 Å². The van der Waals surface area contributed by atoms with Crippen molar-refractivity contribution >= 4 is 5.97 Å². The van der Waals surface area contributed by atoms with Crippen LogP contribution < -0.4 is 0 Å². The van der Waals surface area contributed by atoms with E-state index in [2.05, 4.69) is 34.1 Å². The molecule has 1 N–H and O–H groups in total. The van der Waals surface area contributed by atoms with Crippen LogP contribution in [0.5, 0.6) is 0 Å². The summed E-state index contributed by atoms with van der Waals surface area (Å²) >= 11 is 0. The van der Waals surface area contributed by atoms with E-state index in [1.807, 2.05) is 13.0 Å². The second-order valence-electron chi connectivity index (χ2n) is 5.24. The molecule has 0 amide bonds. The maximum atomic E-state index is 10.5. The van der Waals surface area contributed by atoms with Gasteiger partial charge in [-0.1, -0.05) is 36.4 Å². The molecule has 1 saturated heterocycles. The number of nitrogens with zero attached hydrogens (tertiary/aromatic N) is 2. The molecule has 108 valence electrons. The van der Waals surface area contributed by atoms with Gasteiger partial charge in [0.2, 0.25) is 0 Å². The molecule has 1 aromatic carbocycles. The van der Waals surface area contributed by atoms with Crippen LogP contribution in [0.4, 0.5) is 0 Å². The first-order valence-electron chi connectivity index (χ1n) is 7.06. The molecule has 1 aliphatic heterocycles. The van der Waals surface area contributed by atoms with Gasteiger partial charge in [0.1, 0.15) is 0 Å². The van der Waals surface area contributed by atoms with Gasteiger partial charge in [0.15, 0.2) is 0 Å². The first kappa shape index (κ1) is 14.8. The minimum absolute atomic E-state index is 0.185. The Labute approximate surface area is 120 Å². The molecule has 1 atom stereocenters. The van der Waals surface area contributed by atoms with Crippen LogP contribution >= 0.6 is 0 Å². The fraction of sp³-hybridized carbons (Fsp3) is 0.438. The highest BCUT2D eigenvalue weighted by atomic mass is 16.4. The van der Waals surface area contributed by atoms with E-state index in [9.17, 15) is 4.79 Å². The number of aliphatic carboxylic acids is 1. The molecular formula is C16H22N2O2. The van der Waals surface area contributed by atoms with Crippen LogP contribution in [0.15, 0.2) is 42.5 Å². The summed E-state index contributed by atoms with van der Waals surface area (Å²) in [6.45, 7) is 7.07. The van der Waals surface area contributed by atoms with E-state index >= 15 is 0 Å². The summed E-state index contributed by atoms with van der Waals surface area (Å²) in [4.78, 5) is 15.3. The van der Waals surface area contributed by atoms with Gasteiger partial charge in [-0.05, 0) is 12.5 Å². The molecule has 0 radical (unpaired) electrons. The molecule has 20 heavy (non-hydrogen) atoms. The number of piperazine rings is 1. The summed E-state index contributed by atoms with van der Waals surface area (Å²) in [6.07, 6.45) is 3.00. The Kier molecular flexibility index (Phi) is 5.32. The minimum Gasteiger partial charge on any atom is -0.478 e. The van der Waals surface area contributed by atoms with E-state index in [4.69, 9.17) is 5.11 Å². The largest absolute Gasteiger partial charge is 0.478 e. The Hall–Kier alpha value is -1.65. The summed E-state index contributed by atoms with van der Waals surface area (Å²) in [7, 11) is 0. The zero-order valence-corrected chi connectivity index (χ0v) is 11.9. The third kappa shape index (κ3) is 4.47. The van der Waals surface area contributed by atoms with Crippen molar-refractivity contribution in [3.63, 3.8) is 0 Å². The van der Waals surface area contributed by atoms with Gasteiger partial charge in [-0.25, -0.2) is 4.79 Å². The second-order valence-corrected chi connectivity index (χ2v) is 5.24. The Bertz CT molecular complexity index is 451. The third-order valence-corrected chi connectivity index (χ3v) is 3.75. The van der Waals surface area contributed by atoms with Gasteiger partial charge < -0.3 is 5.11 Å². The van der Waals surface area contributed by atoms with Crippen LogP contribution in [-0.2, 0) is 11.3 Å². The molecule has 1 fully saturated rings. The predicted molar refractivity (Wildman–Crippen MR) is 79.5 cm³/mol. The number of benzene rings is 1. The number of carbonyl (C=O) groups is 1. The van der Waals surface area contributed by atoms with Gasteiger partial charge in [-0.3, -0.25) is 9.80 Å². The van der Waals surface area contributed by atoms with E-state index < -0.39 is 5.97 Å². The van der Waals surface area contributed by atoms with Gasteiger partial charge in [0, 0.05) is 44.8 Å². The molecule has 0 bridgehead atoms. The molecule has 1 aliphatic rings. The Balaban J connectivity index is 1.79. The predicted octanol–water partition coefficient (Wildman–Crippen LogP) is 1.83. The summed E-state index contributed by atoms with van der Waals surface area (Å²) in [5, 5.41) is 8.65. The highest BCUT2D eigenvalue weighted by Gasteiger charge is 2.19. The molecule has 0 aromatic heterocycles. The van der Waals surface area contributed by atoms with E-state index in [0.717, 1.165) is 32.7 Å². The standard InChI is InChI=1S/C16H22N2O2/c1-14(7-8-16(19)20)18-11-9-17(10-12-18)13-15-5-3-2-4-6-15/h2-8,14H,9-13H2,1H3,(H,19,20). The maximum absolute atomic E-state index is 10.5. The fourth-order valence-electron chi connectivity index (χ4n) is 2.51. The van der Waals surface area contributed by atoms with Crippen molar-refractivity contribution in [3.8, 4) is 0 Å². The summed E-state index contributed by atoms with van der Waals surface area (Å²) in [5.74, 6) is -0.875. The Morgan fingerprint density at radius 1 is 1.25 bits per heavy atom. The van der Waals surface area contributed by atoms with Crippen LogP contribution in [0.3, 0.4) is 0 Å². The van der Waals surface area contributed by atoms with Gasteiger partial charge >= 0.3 is 5.97 Å². The number of hydrogen-bond donors (Lipinski definition) is 1. The number of carboxylic acids is 1. The highest BCUT2D eigenvalue weighted by Crippen LogP contribution is 2.11. The van der Waals surface area contributed by atoms with Crippen molar-refractivity contribution in [3.05, 3.63) is 48.0 Å². The van der Waals surface area contributed by atoms with Gasteiger partial charge in [-0.15, -0.1) is 0 Å². The lowest BCUT2D eigenvalue weighted by Gasteiger charge is -2.37. The molecule has 1 unspecified atom stereocenters. The monoisotopic (exact) mass is 274 g/mol. The molecule has 4 heteroatoms. The lowest BCUT2D eigenvalue weighted by molar-refractivity contribution is -0.131. The van der Waals surface area contributed by atoms with Gasteiger partial charge in [0.25, 0.3) is 0 Å². The molecular weight excluding hydrogens is 252 g/mol. The van der Waals surface area contributed by atoms with E-state index in [1.54, 1.807) is 6.08 Å². The average molecular weight is 274 g/mol. The highest BCUT2D eigenvalue weighted by molar-refractivity contribution is 5.79. The topological polar surface area (TPSA) is 43.8 Å². The Morgan fingerprint density at radius 2 is 1.90 bits per heavy atom.